The van der Waals surface area contributed by atoms with Crippen molar-refractivity contribution in [3.05, 3.63) is 23.8 Å². The summed E-state index contributed by atoms with van der Waals surface area (Å²) in [7, 11) is 0. The van der Waals surface area contributed by atoms with Gasteiger partial charge in [0.2, 0.25) is 5.91 Å². The highest BCUT2D eigenvalue weighted by Gasteiger charge is 2.22. The zero-order valence-corrected chi connectivity index (χ0v) is 11.8. The first-order chi connectivity index (χ1) is 9.49. The molecule has 1 heterocycles. The van der Waals surface area contributed by atoms with Gasteiger partial charge in [-0.3, -0.25) is 4.79 Å². The Morgan fingerprint density at radius 2 is 2.10 bits per heavy atom. The van der Waals surface area contributed by atoms with Crippen LogP contribution in [-0.4, -0.2) is 29.6 Å². The van der Waals surface area contributed by atoms with Crippen LogP contribution in [0, 0.1) is 0 Å². The molecule has 5 nitrogen and oxygen atoms in total. The Morgan fingerprint density at radius 3 is 2.70 bits per heavy atom. The minimum Gasteiger partial charge on any atom is -0.478 e. The van der Waals surface area contributed by atoms with Crippen LogP contribution in [0.3, 0.4) is 0 Å². The fourth-order valence-corrected chi connectivity index (χ4v) is 2.67. The Kier molecular flexibility index (Phi) is 4.27. The first kappa shape index (κ1) is 14.4. The number of nitrogens with one attached hydrogen (secondary N) is 1. The van der Waals surface area contributed by atoms with Crippen LogP contribution in [0.1, 0.15) is 43.5 Å². The first-order valence-electron chi connectivity index (χ1n) is 6.90. The quantitative estimate of drug-likeness (QED) is 0.890. The van der Waals surface area contributed by atoms with Crippen LogP contribution in [0.15, 0.2) is 18.2 Å². The second kappa shape index (κ2) is 5.94. The molecule has 0 aromatic heterocycles. The largest absolute Gasteiger partial charge is 0.478 e. The molecule has 20 heavy (non-hydrogen) atoms. The number of carbonyl (C=O) groups is 2. The molecule has 0 saturated carbocycles. The van der Waals surface area contributed by atoms with E-state index in [4.69, 9.17) is 5.11 Å². The van der Waals surface area contributed by atoms with E-state index in [0.29, 0.717) is 11.7 Å². The number of carboxylic acid groups (broad SMARTS) is 1. The van der Waals surface area contributed by atoms with Crippen LogP contribution in [0.2, 0.25) is 0 Å². The number of rotatable bonds is 3. The third-order valence-corrected chi connectivity index (χ3v) is 3.67. The van der Waals surface area contributed by atoms with Crippen molar-refractivity contribution in [2.75, 3.05) is 16.8 Å². The summed E-state index contributed by atoms with van der Waals surface area (Å²) in [5.41, 5.74) is 1.66. The minimum absolute atomic E-state index is 0.183. The lowest BCUT2D eigenvalue weighted by molar-refractivity contribution is -0.114. The summed E-state index contributed by atoms with van der Waals surface area (Å²) in [4.78, 5) is 24.6. The third-order valence-electron chi connectivity index (χ3n) is 3.67. The molecule has 0 spiro atoms. The van der Waals surface area contributed by atoms with Crippen LogP contribution < -0.4 is 10.2 Å². The molecule has 108 valence electrons. The molecule has 1 aliphatic rings. The number of nitrogens with zero attached hydrogens (tertiary/aromatic N) is 1. The van der Waals surface area contributed by atoms with Gasteiger partial charge in [-0.25, -0.2) is 4.79 Å². The SMILES string of the molecule is CC(=O)Nc1cc(C(=O)O)ccc1N1CCCCC1C. The molecule has 1 amide bonds. The fourth-order valence-electron chi connectivity index (χ4n) is 2.67. The van der Waals surface area contributed by atoms with Crippen LogP contribution in [0.25, 0.3) is 0 Å². The van der Waals surface area contributed by atoms with E-state index < -0.39 is 5.97 Å². The molecule has 1 aromatic carbocycles. The van der Waals surface area contributed by atoms with Crippen LogP contribution in [0.5, 0.6) is 0 Å². The van der Waals surface area contributed by atoms with Gasteiger partial charge >= 0.3 is 5.97 Å². The van der Waals surface area contributed by atoms with E-state index in [-0.39, 0.29) is 11.5 Å². The van der Waals surface area contributed by atoms with Crippen molar-refractivity contribution in [2.24, 2.45) is 0 Å². The van der Waals surface area contributed by atoms with Gasteiger partial charge in [-0.2, -0.15) is 0 Å². The number of carboxylic acids is 1. The minimum atomic E-state index is -0.991. The summed E-state index contributed by atoms with van der Waals surface area (Å²) >= 11 is 0. The van der Waals surface area contributed by atoms with Crippen molar-refractivity contribution in [3.63, 3.8) is 0 Å². The zero-order valence-electron chi connectivity index (χ0n) is 11.8. The molecule has 2 rings (SSSR count). The Morgan fingerprint density at radius 1 is 1.35 bits per heavy atom. The number of hydrogen-bond donors (Lipinski definition) is 2. The molecule has 1 atom stereocenters. The van der Waals surface area contributed by atoms with E-state index in [9.17, 15) is 9.59 Å². The maximum Gasteiger partial charge on any atom is 0.335 e. The summed E-state index contributed by atoms with van der Waals surface area (Å²) in [5, 5.41) is 11.8. The second-order valence-electron chi connectivity index (χ2n) is 5.26. The zero-order chi connectivity index (χ0) is 14.7. The van der Waals surface area contributed by atoms with Crippen molar-refractivity contribution >= 4 is 23.3 Å². The summed E-state index contributed by atoms with van der Waals surface area (Å²) in [6.45, 7) is 4.51. The highest BCUT2D eigenvalue weighted by molar-refractivity contribution is 5.96. The van der Waals surface area contributed by atoms with Gasteiger partial charge in [0.1, 0.15) is 0 Å². The Balaban J connectivity index is 2.39. The van der Waals surface area contributed by atoms with Crippen molar-refractivity contribution < 1.29 is 14.7 Å². The lowest BCUT2D eigenvalue weighted by atomic mass is 10.0. The number of amides is 1. The van der Waals surface area contributed by atoms with Crippen molar-refractivity contribution in [1.29, 1.82) is 0 Å². The van der Waals surface area contributed by atoms with Gasteiger partial charge in [0, 0.05) is 19.5 Å². The molecule has 0 bridgehead atoms. The monoisotopic (exact) mass is 276 g/mol. The third kappa shape index (κ3) is 3.10. The average molecular weight is 276 g/mol. The number of carbonyl (C=O) groups excluding carboxylic acids is 1. The van der Waals surface area contributed by atoms with Gasteiger partial charge < -0.3 is 15.3 Å². The van der Waals surface area contributed by atoms with E-state index in [1.807, 2.05) is 0 Å². The molecule has 0 aliphatic carbocycles. The van der Waals surface area contributed by atoms with Crippen molar-refractivity contribution in [2.45, 2.75) is 39.2 Å². The highest BCUT2D eigenvalue weighted by atomic mass is 16.4. The standard InChI is InChI=1S/C15H20N2O3/c1-10-5-3-4-8-17(10)14-7-6-12(15(19)20)9-13(14)16-11(2)18/h6-7,9-10H,3-5,8H2,1-2H3,(H,16,18)(H,19,20). The number of piperidine rings is 1. The van der Waals surface area contributed by atoms with Gasteiger partial charge in [-0.05, 0) is 44.4 Å². The second-order valence-corrected chi connectivity index (χ2v) is 5.26. The average Bonchev–Trinajstić information content (AvgIpc) is 2.39. The summed E-state index contributed by atoms with van der Waals surface area (Å²) in [5.74, 6) is -1.19. The van der Waals surface area contributed by atoms with E-state index in [0.717, 1.165) is 25.1 Å². The lowest BCUT2D eigenvalue weighted by Gasteiger charge is -2.36. The molecule has 1 aliphatic heterocycles. The summed E-state index contributed by atoms with van der Waals surface area (Å²) in [6.07, 6.45) is 3.44. The number of aromatic carboxylic acids is 1. The molecule has 1 fully saturated rings. The Bertz CT molecular complexity index is 528. The van der Waals surface area contributed by atoms with Gasteiger partial charge in [-0.15, -0.1) is 0 Å². The Hall–Kier alpha value is -2.04. The van der Waals surface area contributed by atoms with Crippen LogP contribution in [0.4, 0.5) is 11.4 Å². The normalized spacial score (nSPS) is 18.7. The fraction of sp³-hybridized carbons (Fsp3) is 0.467. The highest BCUT2D eigenvalue weighted by Crippen LogP contribution is 2.32. The predicted octanol–water partition coefficient (Wildman–Crippen LogP) is 2.72. The number of benzene rings is 1. The lowest BCUT2D eigenvalue weighted by Crippen LogP contribution is -2.38. The maximum atomic E-state index is 11.3. The molecule has 0 radical (unpaired) electrons. The van der Waals surface area contributed by atoms with Crippen LogP contribution >= 0.6 is 0 Å². The molecule has 5 heteroatoms. The van der Waals surface area contributed by atoms with Crippen molar-refractivity contribution in [1.82, 2.24) is 0 Å². The number of anilines is 2. The van der Waals surface area contributed by atoms with Gasteiger partial charge in [0.05, 0.1) is 16.9 Å². The predicted molar refractivity (Wildman–Crippen MR) is 78.4 cm³/mol. The van der Waals surface area contributed by atoms with E-state index in [1.165, 1.54) is 19.4 Å². The maximum absolute atomic E-state index is 11.3. The van der Waals surface area contributed by atoms with Gasteiger partial charge in [0.15, 0.2) is 0 Å². The smallest absolute Gasteiger partial charge is 0.335 e. The number of hydrogen-bond acceptors (Lipinski definition) is 3. The van der Waals surface area contributed by atoms with Crippen molar-refractivity contribution in [3.8, 4) is 0 Å². The summed E-state index contributed by atoms with van der Waals surface area (Å²) < 4.78 is 0. The first-order valence-corrected chi connectivity index (χ1v) is 6.90. The van der Waals surface area contributed by atoms with Gasteiger partial charge in [-0.1, -0.05) is 0 Å². The van der Waals surface area contributed by atoms with E-state index >= 15 is 0 Å². The molecule has 2 N–H and O–H groups in total. The van der Waals surface area contributed by atoms with E-state index in [2.05, 4.69) is 17.1 Å². The van der Waals surface area contributed by atoms with Gasteiger partial charge in [0.25, 0.3) is 0 Å². The molecule has 1 aromatic rings. The summed E-state index contributed by atoms with van der Waals surface area (Å²) in [6, 6.07) is 5.30. The molecular weight excluding hydrogens is 256 g/mol. The van der Waals surface area contributed by atoms with Crippen LogP contribution in [-0.2, 0) is 4.79 Å². The molecule has 1 saturated heterocycles. The van der Waals surface area contributed by atoms with E-state index in [1.54, 1.807) is 12.1 Å². The molecule has 1 unspecified atom stereocenters. The Labute approximate surface area is 118 Å². The molecular formula is C15H20N2O3. The topological polar surface area (TPSA) is 69.6 Å².